The number of methoxy groups -OCH3 is 1. The van der Waals surface area contributed by atoms with Crippen LogP contribution in [0.5, 0.6) is 0 Å². The van der Waals surface area contributed by atoms with E-state index in [1.165, 1.54) is 13.5 Å². The number of alkyl carbamates (subject to hydrolysis) is 1. The van der Waals surface area contributed by atoms with Crippen molar-refractivity contribution in [2.45, 2.75) is 83.0 Å². The number of carbonyl (C=O) groups is 2. The minimum absolute atomic E-state index is 0.118. The van der Waals surface area contributed by atoms with Crippen LogP contribution in [0.1, 0.15) is 58.4 Å². The van der Waals surface area contributed by atoms with Crippen LogP contribution in [0, 0.1) is 11.3 Å². The number of hydrogen-bond donors (Lipinski definition) is 1. The summed E-state index contributed by atoms with van der Waals surface area (Å²) in [5.74, 6) is 0.213. The van der Waals surface area contributed by atoms with E-state index in [2.05, 4.69) is 26.1 Å². The second kappa shape index (κ2) is 8.71. The van der Waals surface area contributed by atoms with Gasteiger partial charge in [0.2, 0.25) is 0 Å². The number of ether oxygens (including phenoxy) is 2. The molecule has 1 amide bonds. The van der Waals surface area contributed by atoms with E-state index in [1.54, 1.807) is 0 Å². The van der Waals surface area contributed by atoms with Crippen molar-refractivity contribution >= 4 is 19.2 Å². The Morgan fingerprint density at radius 2 is 1.97 bits per heavy atom. The summed E-state index contributed by atoms with van der Waals surface area (Å²) < 4.78 is 23.1. The standard InChI is InChI=1S/C24H34BNO6/c1-22(2)18-12-13-23(3)24(22,15-18)32-25(31-23)14-8-11-19(20(27)29-4)26-21(28)30-16-17-9-6-5-7-10-17/h5-7,9-10,18-19H,8,11-16H2,1-4H3,(H,26,28)/t18?,19-,23-,24+/m0/s1. The smallest absolute Gasteiger partial charge is 0.457 e. The summed E-state index contributed by atoms with van der Waals surface area (Å²) in [7, 11) is 1.02. The third-order valence-electron chi connectivity index (χ3n) is 8.07. The Hall–Kier alpha value is -2.06. The van der Waals surface area contributed by atoms with Crippen molar-refractivity contribution in [1.29, 1.82) is 0 Å². The zero-order valence-electron chi connectivity index (χ0n) is 19.5. The molecule has 1 aromatic carbocycles. The molecule has 1 aromatic rings. The van der Waals surface area contributed by atoms with E-state index >= 15 is 0 Å². The van der Waals surface area contributed by atoms with Crippen LogP contribution in [0.2, 0.25) is 6.32 Å². The van der Waals surface area contributed by atoms with Crippen LogP contribution in [-0.2, 0) is 30.2 Å². The highest BCUT2D eigenvalue weighted by Crippen LogP contribution is 2.70. The van der Waals surface area contributed by atoms with Gasteiger partial charge in [0.05, 0.1) is 18.3 Å². The van der Waals surface area contributed by atoms with E-state index in [9.17, 15) is 9.59 Å². The quantitative estimate of drug-likeness (QED) is 0.481. The van der Waals surface area contributed by atoms with E-state index in [0.29, 0.717) is 25.1 Å². The molecule has 1 aliphatic heterocycles. The average molecular weight is 443 g/mol. The second-order valence-electron chi connectivity index (χ2n) is 10.1. The monoisotopic (exact) mass is 443 g/mol. The third kappa shape index (κ3) is 3.92. The van der Waals surface area contributed by atoms with Crippen LogP contribution in [0.25, 0.3) is 0 Å². The number of nitrogens with one attached hydrogen (secondary N) is 1. The fourth-order valence-electron chi connectivity index (χ4n) is 6.00. The lowest BCUT2D eigenvalue weighted by molar-refractivity contribution is -0.257. The summed E-state index contributed by atoms with van der Waals surface area (Å²) in [6.07, 6.45) is 4.36. The van der Waals surface area contributed by atoms with Crippen molar-refractivity contribution in [2.75, 3.05) is 7.11 Å². The summed E-state index contributed by atoms with van der Waals surface area (Å²) in [5, 5.41) is 2.63. The van der Waals surface area contributed by atoms with Gasteiger partial charge < -0.3 is 24.1 Å². The third-order valence-corrected chi connectivity index (χ3v) is 8.07. The van der Waals surface area contributed by atoms with Gasteiger partial charge in [0.1, 0.15) is 12.6 Å². The van der Waals surface area contributed by atoms with Gasteiger partial charge in [0.15, 0.2) is 0 Å². The van der Waals surface area contributed by atoms with Crippen molar-refractivity contribution in [3.63, 3.8) is 0 Å². The van der Waals surface area contributed by atoms with Gasteiger partial charge in [-0.05, 0) is 55.8 Å². The zero-order valence-corrected chi connectivity index (χ0v) is 19.5. The van der Waals surface area contributed by atoms with Gasteiger partial charge in [0, 0.05) is 0 Å². The van der Waals surface area contributed by atoms with Crippen molar-refractivity contribution in [3.8, 4) is 0 Å². The largest absolute Gasteiger partial charge is 0.467 e. The van der Waals surface area contributed by atoms with Crippen molar-refractivity contribution in [1.82, 2.24) is 5.32 Å². The molecule has 4 aliphatic rings. The maximum Gasteiger partial charge on any atom is 0.457 e. The molecule has 1 spiro atoms. The van der Waals surface area contributed by atoms with Gasteiger partial charge in [-0.2, -0.15) is 0 Å². The van der Waals surface area contributed by atoms with Gasteiger partial charge in [-0.25, -0.2) is 9.59 Å². The lowest BCUT2D eigenvalue weighted by Gasteiger charge is -2.69. The van der Waals surface area contributed by atoms with E-state index in [0.717, 1.165) is 18.4 Å². The summed E-state index contributed by atoms with van der Waals surface area (Å²) in [6, 6.07) is 8.62. The lowest BCUT2D eigenvalue weighted by Crippen LogP contribution is -2.73. The molecule has 4 atom stereocenters. The number of carbonyl (C=O) groups excluding carboxylic acids is 2. The lowest BCUT2D eigenvalue weighted by atomic mass is 9.41. The maximum atomic E-state index is 12.2. The Morgan fingerprint density at radius 3 is 2.62 bits per heavy atom. The molecule has 2 bridgehead atoms. The molecule has 1 unspecified atom stereocenters. The Labute approximate surface area is 190 Å². The average Bonchev–Trinajstić information content (AvgIpc) is 3.12. The molecule has 32 heavy (non-hydrogen) atoms. The highest BCUT2D eigenvalue weighted by Gasteiger charge is 2.75. The SMILES string of the molecule is COC(=O)[C@H](CCCB1O[C@@]2(C)CCC3C[C@@]2(O1)C3(C)C)NC(=O)OCc1ccccc1. The molecule has 5 rings (SSSR count). The van der Waals surface area contributed by atoms with E-state index in [1.807, 2.05) is 30.3 Å². The van der Waals surface area contributed by atoms with E-state index in [-0.39, 0.29) is 30.3 Å². The fraction of sp³-hybridized carbons (Fsp3) is 0.667. The molecule has 0 aromatic heterocycles. The first-order valence-corrected chi connectivity index (χ1v) is 11.6. The van der Waals surface area contributed by atoms with Crippen molar-refractivity contribution in [2.24, 2.45) is 11.3 Å². The Morgan fingerprint density at radius 1 is 1.22 bits per heavy atom. The molecule has 7 nitrogen and oxygen atoms in total. The first-order chi connectivity index (χ1) is 15.2. The first kappa shape index (κ1) is 23.1. The summed E-state index contributed by atoms with van der Waals surface area (Å²) in [6.45, 7) is 6.92. The molecule has 1 saturated heterocycles. The molecule has 3 aliphatic carbocycles. The molecule has 3 saturated carbocycles. The molecule has 0 radical (unpaired) electrons. The highest BCUT2D eigenvalue weighted by atomic mass is 16.7. The van der Waals surface area contributed by atoms with Crippen LogP contribution in [0.15, 0.2) is 30.3 Å². The molecule has 1 N–H and O–H groups in total. The molecule has 4 fully saturated rings. The predicted octanol–water partition coefficient (Wildman–Crippen LogP) is 4.11. The number of amides is 1. The number of esters is 1. The van der Waals surface area contributed by atoms with E-state index < -0.39 is 18.1 Å². The molecule has 1 heterocycles. The van der Waals surface area contributed by atoms with Crippen LogP contribution in [0.4, 0.5) is 4.79 Å². The van der Waals surface area contributed by atoms with Gasteiger partial charge in [-0.1, -0.05) is 50.6 Å². The molecular formula is C24H34BNO6. The second-order valence-corrected chi connectivity index (χ2v) is 10.1. The van der Waals surface area contributed by atoms with Crippen molar-refractivity contribution in [3.05, 3.63) is 35.9 Å². The Kier molecular flexibility index (Phi) is 6.29. The Bertz CT molecular complexity index is 848. The summed E-state index contributed by atoms with van der Waals surface area (Å²) in [5.41, 5.74) is 0.530. The number of fused-ring (bicyclic) bond motifs is 1. The van der Waals surface area contributed by atoms with Crippen molar-refractivity contribution < 1.29 is 28.4 Å². The molecular weight excluding hydrogens is 409 g/mol. The molecule has 174 valence electrons. The zero-order chi connectivity index (χ0) is 23.0. The maximum absolute atomic E-state index is 12.2. The van der Waals surface area contributed by atoms with Gasteiger partial charge >= 0.3 is 19.2 Å². The van der Waals surface area contributed by atoms with Crippen LogP contribution >= 0.6 is 0 Å². The Balaban J connectivity index is 1.27. The van der Waals surface area contributed by atoms with Gasteiger partial charge in [-0.3, -0.25) is 0 Å². The molecule has 8 heteroatoms. The predicted molar refractivity (Wildman–Crippen MR) is 120 cm³/mol. The minimum atomic E-state index is -0.773. The van der Waals surface area contributed by atoms with Crippen LogP contribution in [-0.4, -0.2) is 43.5 Å². The summed E-state index contributed by atoms with van der Waals surface area (Å²) >= 11 is 0. The number of benzene rings is 1. The van der Waals surface area contributed by atoms with Gasteiger partial charge in [0.25, 0.3) is 0 Å². The fourth-order valence-corrected chi connectivity index (χ4v) is 6.00. The normalized spacial score (nSPS) is 30.6. The van der Waals surface area contributed by atoms with Crippen LogP contribution < -0.4 is 5.32 Å². The van der Waals surface area contributed by atoms with Gasteiger partial charge in [-0.15, -0.1) is 0 Å². The highest BCUT2D eigenvalue weighted by molar-refractivity contribution is 6.45. The first-order valence-electron chi connectivity index (χ1n) is 11.6. The minimum Gasteiger partial charge on any atom is -0.467 e. The topological polar surface area (TPSA) is 83.1 Å². The van der Waals surface area contributed by atoms with Crippen LogP contribution in [0.3, 0.4) is 0 Å². The number of hydrogen-bond acceptors (Lipinski definition) is 6. The summed E-state index contributed by atoms with van der Waals surface area (Å²) in [4.78, 5) is 24.4. The number of rotatable bonds is 8. The van der Waals surface area contributed by atoms with E-state index in [4.69, 9.17) is 18.8 Å².